The van der Waals surface area contributed by atoms with Gasteiger partial charge in [0.25, 0.3) is 5.50 Å². The van der Waals surface area contributed by atoms with E-state index in [2.05, 4.69) is 12.6 Å². The Kier molecular flexibility index (Phi) is 6.14. The lowest BCUT2D eigenvalue weighted by molar-refractivity contribution is -0.331. The molecule has 0 aromatic carbocycles. The maximum Gasteiger partial charge on any atom is 0.427 e. The molecule has 0 N–H and O–H groups in total. The minimum absolute atomic E-state index is 0.164. The molecule has 1 fully saturated rings. The zero-order valence-electron chi connectivity index (χ0n) is 14.2. The van der Waals surface area contributed by atoms with E-state index < -0.39 is 47.3 Å². The van der Waals surface area contributed by atoms with Crippen LogP contribution in [0.2, 0.25) is 0 Å². The summed E-state index contributed by atoms with van der Waals surface area (Å²) in [5.41, 5.74) is -5.80. The smallest absolute Gasteiger partial charge is 0.427 e. The van der Waals surface area contributed by atoms with Crippen LogP contribution in [-0.4, -0.2) is 95.0 Å². The molecular weight excluding hydrogens is 361 g/mol. The fraction of sp³-hybridized carbons (Fsp3) is 0.917. The van der Waals surface area contributed by atoms with E-state index >= 15 is 0 Å². The highest BCUT2D eigenvalue weighted by Gasteiger charge is 2.70. The molecule has 4 nitrogen and oxygen atoms in total. The second-order valence-electron chi connectivity index (χ2n) is 6.88. The number of hydrogen-bond acceptors (Lipinski definition) is 3. The summed E-state index contributed by atoms with van der Waals surface area (Å²) in [6, 6.07) is 0. The van der Waals surface area contributed by atoms with Crippen molar-refractivity contribution in [3.8, 4) is 0 Å². The normalized spacial score (nSPS) is 26.7. The van der Waals surface area contributed by atoms with Crippen LogP contribution in [0.1, 0.15) is 20.8 Å². The minimum atomic E-state index is -6.12. The van der Waals surface area contributed by atoms with Gasteiger partial charge in [-0.1, -0.05) is 0 Å². The third-order valence-electron chi connectivity index (χ3n) is 3.94. The Balaban J connectivity index is 3.14. The van der Waals surface area contributed by atoms with Crippen molar-refractivity contribution in [1.29, 1.82) is 0 Å². The SMILES string of the molecule is [B]C1CN(C(C)(C)C)C([B])C([B])N1C(=O)OC([B])(C(F)(F)F)C(F)(F)F. The number of nitrogens with zero attached hydrogens (tertiary/aromatic N) is 2. The van der Waals surface area contributed by atoms with E-state index in [-0.39, 0.29) is 6.54 Å². The first-order valence-corrected chi connectivity index (χ1v) is 7.31. The lowest BCUT2D eigenvalue weighted by Crippen LogP contribution is -2.71. The molecule has 26 heavy (non-hydrogen) atoms. The van der Waals surface area contributed by atoms with Crippen molar-refractivity contribution in [2.75, 3.05) is 6.54 Å². The van der Waals surface area contributed by atoms with Crippen LogP contribution < -0.4 is 0 Å². The van der Waals surface area contributed by atoms with E-state index in [0.29, 0.717) is 4.90 Å². The fourth-order valence-electron chi connectivity index (χ4n) is 2.43. The van der Waals surface area contributed by atoms with Crippen molar-refractivity contribution < 1.29 is 35.9 Å². The number of ether oxygens (including phenoxy) is 1. The lowest BCUT2D eigenvalue weighted by Gasteiger charge is -2.54. The topological polar surface area (TPSA) is 32.8 Å². The molecular formula is C12H14B4F6N2O2. The molecule has 3 atom stereocenters. The van der Waals surface area contributed by atoms with E-state index in [9.17, 15) is 31.1 Å². The fourth-order valence-corrected chi connectivity index (χ4v) is 2.43. The van der Waals surface area contributed by atoms with Gasteiger partial charge in [0, 0.05) is 24.0 Å². The van der Waals surface area contributed by atoms with E-state index in [1.807, 2.05) is 0 Å². The zero-order chi connectivity index (χ0) is 20.9. The molecule has 1 rings (SSSR count). The molecule has 8 radical (unpaired) electrons. The highest BCUT2D eigenvalue weighted by Crippen LogP contribution is 2.44. The summed E-state index contributed by atoms with van der Waals surface area (Å²) in [4.78, 5) is 13.9. The number of carbonyl (C=O) groups excluding carboxylic acids is 1. The Labute approximate surface area is 152 Å². The maximum absolute atomic E-state index is 12.8. The van der Waals surface area contributed by atoms with E-state index in [0.717, 1.165) is 0 Å². The van der Waals surface area contributed by atoms with Gasteiger partial charge in [0.15, 0.2) is 7.85 Å². The number of amides is 1. The third kappa shape index (κ3) is 4.14. The highest BCUT2D eigenvalue weighted by atomic mass is 19.4. The molecule has 0 aromatic rings. The van der Waals surface area contributed by atoms with Gasteiger partial charge < -0.3 is 14.5 Å². The monoisotopic (exact) mass is 376 g/mol. The maximum atomic E-state index is 12.8. The summed E-state index contributed by atoms with van der Waals surface area (Å²) < 4.78 is 80.3. The Morgan fingerprint density at radius 3 is 1.73 bits per heavy atom. The summed E-state index contributed by atoms with van der Waals surface area (Å²) in [6.45, 7) is 5.04. The van der Waals surface area contributed by atoms with Crippen molar-refractivity contribution in [1.82, 2.24) is 9.80 Å². The van der Waals surface area contributed by atoms with Crippen molar-refractivity contribution >= 4 is 37.5 Å². The molecule has 1 saturated heterocycles. The van der Waals surface area contributed by atoms with Crippen molar-refractivity contribution in [3.63, 3.8) is 0 Å². The molecule has 1 heterocycles. The Morgan fingerprint density at radius 1 is 0.962 bits per heavy atom. The van der Waals surface area contributed by atoms with Crippen LogP contribution in [0.5, 0.6) is 0 Å². The van der Waals surface area contributed by atoms with E-state index in [1.54, 1.807) is 25.7 Å². The average molecular weight is 375 g/mol. The first kappa shape index (κ1) is 23.1. The lowest BCUT2D eigenvalue weighted by atomic mass is 9.69. The van der Waals surface area contributed by atoms with Crippen LogP contribution in [0.25, 0.3) is 0 Å². The number of hydrogen-bond donors (Lipinski definition) is 0. The number of carbonyl (C=O) groups is 1. The molecule has 0 bridgehead atoms. The summed E-state index contributed by atoms with van der Waals surface area (Å²) in [7, 11) is 21.6. The molecule has 0 aliphatic carbocycles. The summed E-state index contributed by atoms with van der Waals surface area (Å²) in [5.74, 6) is -4.02. The molecule has 1 aliphatic rings. The van der Waals surface area contributed by atoms with Gasteiger partial charge in [-0.05, 0) is 26.7 Å². The van der Waals surface area contributed by atoms with Crippen molar-refractivity contribution in [2.45, 2.75) is 62.0 Å². The molecule has 1 aliphatic heterocycles. The predicted molar refractivity (Wildman–Crippen MR) is 84.0 cm³/mol. The molecule has 138 valence electrons. The Bertz CT molecular complexity index is 525. The van der Waals surface area contributed by atoms with Crippen LogP contribution in [0.3, 0.4) is 0 Å². The molecule has 0 spiro atoms. The van der Waals surface area contributed by atoms with Crippen LogP contribution in [-0.2, 0) is 4.74 Å². The molecule has 3 unspecified atom stereocenters. The summed E-state index contributed by atoms with van der Waals surface area (Å²) >= 11 is 0. The second kappa shape index (κ2) is 6.91. The van der Waals surface area contributed by atoms with Gasteiger partial charge in [0.05, 0.1) is 7.85 Å². The molecule has 1 amide bonds. The number of halogens is 6. The van der Waals surface area contributed by atoms with Gasteiger partial charge in [-0.3, -0.25) is 0 Å². The van der Waals surface area contributed by atoms with Gasteiger partial charge in [-0.25, -0.2) is 4.79 Å². The van der Waals surface area contributed by atoms with Crippen LogP contribution >= 0.6 is 0 Å². The number of piperazine rings is 1. The van der Waals surface area contributed by atoms with E-state index in [1.165, 1.54) is 0 Å². The van der Waals surface area contributed by atoms with Crippen LogP contribution in [0, 0.1) is 0 Å². The standard InChI is InChI=1S/C12H14B4F6N2O2/c1-9(2,3)23-4-5(13)24(7(15)6(23)14)8(25)26-10(16,11(17,18)19)12(20,21)22/h5-7H,4H2,1-3H3. The zero-order valence-corrected chi connectivity index (χ0v) is 14.2. The van der Waals surface area contributed by atoms with Crippen molar-refractivity contribution in [3.05, 3.63) is 0 Å². The predicted octanol–water partition coefficient (Wildman–Crippen LogP) is 1.01. The largest absolute Gasteiger partial charge is 0.434 e. The molecule has 0 saturated carbocycles. The molecule has 14 heteroatoms. The third-order valence-corrected chi connectivity index (χ3v) is 3.94. The highest BCUT2D eigenvalue weighted by molar-refractivity contribution is 6.24. The minimum Gasteiger partial charge on any atom is -0.434 e. The van der Waals surface area contributed by atoms with Gasteiger partial charge >= 0.3 is 18.4 Å². The molecule has 0 aromatic heterocycles. The first-order chi connectivity index (χ1) is 11.3. The van der Waals surface area contributed by atoms with E-state index in [4.69, 9.17) is 23.5 Å². The van der Waals surface area contributed by atoms with Crippen LogP contribution in [0.4, 0.5) is 31.1 Å². The Morgan fingerprint density at radius 2 is 1.38 bits per heavy atom. The average Bonchev–Trinajstić information content (AvgIpc) is 2.39. The number of alkyl halides is 6. The first-order valence-electron chi connectivity index (χ1n) is 7.31. The second-order valence-corrected chi connectivity index (χ2v) is 6.88. The van der Waals surface area contributed by atoms with Gasteiger partial charge in [0.1, 0.15) is 15.7 Å². The van der Waals surface area contributed by atoms with Gasteiger partial charge in [0.2, 0.25) is 0 Å². The summed E-state index contributed by atoms with van der Waals surface area (Å²) in [5, 5.41) is 0. The van der Waals surface area contributed by atoms with Gasteiger partial charge in [-0.2, -0.15) is 26.3 Å². The Hall–Kier alpha value is -0.930. The summed E-state index contributed by atoms with van der Waals surface area (Å²) in [6.07, 6.45) is -14.3. The van der Waals surface area contributed by atoms with Gasteiger partial charge in [-0.15, -0.1) is 0 Å². The van der Waals surface area contributed by atoms with Crippen LogP contribution in [0.15, 0.2) is 0 Å². The van der Waals surface area contributed by atoms with Crippen molar-refractivity contribution in [2.24, 2.45) is 0 Å². The number of rotatable bonds is 1. The quantitative estimate of drug-likeness (QED) is 0.507.